The molecule has 0 saturated heterocycles. The van der Waals surface area contributed by atoms with Crippen LogP contribution in [-0.4, -0.2) is 25.2 Å². The predicted octanol–water partition coefficient (Wildman–Crippen LogP) is 4.47. The number of carbonyl (C=O) groups is 1. The van der Waals surface area contributed by atoms with Crippen molar-refractivity contribution in [3.63, 3.8) is 0 Å². The fourth-order valence-corrected chi connectivity index (χ4v) is 3.25. The summed E-state index contributed by atoms with van der Waals surface area (Å²) in [6.07, 6.45) is 1.81. The summed E-state index contributed by atoms with van der Waals surface area (Å²) in [5, 5.41) is 0. The molecule has 0 radical (unpaired) electrons. The van der Waals surface area contributed by atoms with Crippen molar-refractivity contribution in [1.82, 2.24) is 0 Å². The summed E-state index contributed by atoms with van der Waals surface area (Å²) in [5.74, 6) is 1.32. The molecule has 2 aromatic rings. The van der Waals surface area contributed by atoms with Gasteiger partial charge in [0.15, 0.2) is 11.5 Å². The van der Waals surface area contributed by atoms with E-state index in [9.17, 15) is 4.79 Å². The third-order valence-electron chi connectivity index (χ3n) is 4.38. The molecular formula is C21H25NO3. The number of fused-ring (bicyclic) bond motifs is 1. The van der Waals surface area contributed by atoms with E-state index in [0.29, 0.717) is 30.3 Å². The molecule has 0 bridgehead atoms. The molecule has 1 heterocycles. The van der Waals surface area contributed by atoms with Gasteiger partial charge in [0.2, 0.25) is 0 Å². The van der Waals surface area contributed by atoms with Gasteiger partial charge in [-0.15, -0.1) is 0 Å². The molecule has 0 aromatic heterocycles. The molecule has 1 aliphatic heterocycles. The lowest BCUT2D eigenvalue weighted by atomic mass is 10.1. The highest BCUT2D eigenvalue weighted by Crippen LogP contribution is 2.35. The molecule has 1 amide bonds. The monoisotopic (exact) mass is 339 g/mol. The van der Waals surface area contributed by atoms with Crippen LogP contribution in [0.1, 0.15) is 43.1 Å². The lowest BCUT2D eigenvalue weighted by molar-refractivity contribution is 0.0981. The van der Waals surface area contributed by atoms with Crippen LogP contribution in [0.5, 0.6) is 11.5 Å². The standard InChI is InChI=1S/C21H25NO3/c1-4-12-25-19-11-10-17(14-20(19)24-5-2)21(23)22-15(3)13-16-8-6-7-9-18(16)22/h6-11,14-15H,4-5,12-13H2,1-3H3. The number of para-hydroxylation sites is 1. The number of rotatable bonds is 6. The molecule has 1 unspecified atom stereocenters. The van der Waals surface area contributed by atoms with E-state index >= 15 is 0 Å². The average Bonchev–Trinajstić information content (AvgIpc) is 2.96. The molecule has 4 nitrogen and oxygen atoms in total. The van der Waals surface area contributed by atoms with Crippen LogP contribution >= 0.6 is 0 Å². The first-order valence-corrected chi connectivity index (χ1v) is 8.96. The van der Waals surface area contributed by atoms with Crippen molar-refractivity contribution in [2.75, 3.05) is 18.1 Å². The summed E-state index contributed by atoms with van der Waals surface area (Å²) < 4.78 is 11.4. The summed E-state index contributed by atoms with van der Waals surface area (Å²) in [4.78, 5) is 15.0. The second-order valence-corrected chi connectivity index (χ2v) is 6.30. The zero-order chi connectivity index (χ0) is 17.8. The smallest absolute Gasteiger partial charge is 0.258 e. The van der Waals surface area contributed by atoms with Gasteiger partial charge < -0.3 is 14.4 Å². The first-order valence-electron chi connectivity index (χ1n) is 8.96. The minimum absolute atomic E-state index is 0.000412. The Labute approximate surface area is 149 Å². The second kappa shape index (κ2) is 7.60. The summed E-state index contributed by atoms with van der Waals surface area (Å²) in [6, 6.07) is 13.7. The van der Waals surface area contributed by atoms with E-state index in [-0.39, 0.29) is 11.9 Å². The summed E-state index contributed by atoms with van der Waals surface area (Å²) in [7, 11) is 0. The average molecular weight is 339 g/mol. The maximum absolute atomic E-state index is 13.1. The van der Waals surface area contributed by atoms with Crippen LogP contribution in [0.15, 0.2) is 42.5 Å². The van der Waals surface area contributed by atoms with Crippen LogP contribution < -0.4 is 14.4 Å². The van der Waals surface area contributed by atoms with E-state index in [4.69, 9.17) is 9.47 Å². The Morgan fingerprint density at radius 3 is 2.68 bits per heavy atom. The van der Waals surface area contributed by atoms with Crippen LogP contribution in [0.4, 0.5) is 5.69 Å². The van der Waals surface area contributed by atoms with Gasteiger partial charge in [-0.1, -0.05) is 25.1 Å². The van der Waals surface area contributed by atoms with Gasteiger partial charge in [-0.05, 0) is 56.5 Å². The van der Waals surface area contributed by atoms with Crippen LogP contribution in [0.25, 0.3) is 0 Å². The number of benzene rings is 2. The van der Waals surface area contributed by atoms with Gasteiger partial charge in [0, 0.05) is 17.3 Å². The summed E-state index contributed by atoms with van der Waals surface area (Å²) >= 11 is 0. The Hall–Kier alpha value is -2.49. The van der Waals surface area contributed by atoms with Gasteiger partial charge >= 0.3 is 0 Å². The number of nitrogens with zero attached hydrogens (tertiary/aromatic N) is 1. The maximum atomic E-state index is 13.1. The minimum atomic E-state index is 0.000412. The highest BCUT2D eigenvalue weighted by atomic mass is 16.5. The van der Waals surface area contributed by atoms with Crippen molar-refractivity contribution in [3.8, 4) is 11.5 Å². The Bertz CT molecular complexity index is 757. The van der Waals surface area contributed by atoms with Crippen molar-refractivity contribution >= 4 is 11.6 Å². The molecule has 0 aliphatic carbocycles. The lowest BCUT2D eigenvalue weighted by Crippen LogP contribution is -2.35. The van der Waals surface area contributed by atoms with Crippen molar-refractivity contribution < 1.29 is 14.3 Å². The Morgan fingerprint density at radius 1 is 1.12 bits per heavy atom. The third kappa shape index (κ3) is 3.48. The number of ether oxygens (including phenoxy) is 2. The van der Waals surface area contributed by atoms with E-state index in [2.05, 4.69) is 19.9 Å². The number of anilines is 1. The molecule has 0 N–H and O–H groups in total. The van der Waals surface area contributed by atoms with Gasteiger partial charge in [0.25, 0.3) is 5.91 Å². The van der Waals surface area contributed by atoms with Gasteiger partial charge in [-0.3, -0.25) is 4.79 Å². The van der Waals surface area contributed by atoms with Crippen LogP contribution in [-0.2, 0) is 6.42 Å². The Kier molecular flexibility index (Phi) is 5.27. The fraction of sp³-hybridized carbons (Fsp3) is 0.381. The first kappa shape index (κ1) is 17.3. The molecule has 1 atom stereocenters. The van der Waals surface area contributed by atoms with E-state index in [1.807, 2.05) is 42.2 Å². The Balaban J connectivity index is 1.91. The lowest BCUT2D eigenvalue weighted by Gasteiger charge is -2.23. The minimum Gasteiger partial charge on any atom is -0.490 e. The molecule has 1 aliphatic rings. The number of hydrogen-bond donors (Lipinski definition) is 0. The van der Waals surface area contributed by atoms with E-state index in [1.165, 1.54) is 5.56 Å². The van der Waals surface area contributed by atoms with Crippen molar-refractivity contribution in [3.05, 3.63) is 53.6 Å². The molecular weight excluding hydrogens is 314 g/mol. The van der Waals surface area contributed by atoms with Crippen molar-refractivity contribution in [2.24, 2.45) is 0 Å². The highest BCUT2D eigenvalue weighted by Gasteiger charge is 2.31. The topological polar surface area (TPSA) is 38.8 Å². The van der Waals surface area contributed by atoms with Crippen LogP contribution in [0.2, 0.25) is 0 Å². The van der Waals surface area contributed by atoms with E-state index in [0.717, 1.165) is 18.5 Å². The zero-order valence-electron chi connectivity index (χ0n) is 15.1. The van der Waals surface area contributed by atoms with Crippen molar-refractivity contribution in [1.29, 1.82) is 0 Å². The quantitative estimate of drug-likeness (QED) is 0.779. The van der Waals surface area contributed by atoms with E-state index in [1.54, 1.807) is 6.07 Å². The number of hydrogen-bond acceptors (Lipinski definition) is 3. The molecule has 0 saturated carbocycles. The van der Waals surface area contributed by atoms with Gasteiger partial charge in [0.05, 0.1) is 13.2 Å². The molecule has 132 valence electrons. The molecule has 0 fully saturated rings. The van der Waals surface area contributed by atoms with Gasteiger partial charge in [0.1, 0.15) is 0 Å². The summed E-state index contributed by atoms with van der Waals surface area (Å²) in [5.41, 5.74) is 2.84. The van der Waals surface area contributed by atoms with Crippen LogP contribution in [0.3, 0.4) is 0 Å². The normalized spacial score (nSPS) is 15.8. The molecule has 3 rings (SSSR count). The summed E-state index contributed by atoms with van der Waals surface area (Å²) in [6.45, 7) is 7.23. The molecule has 25 heavy (non-hydrogen) atoms. The van der Waals surface area contributed by atoms with Crippen molar-refractivity contribution in [2.45, 2.75) is 39.7 Å². The largest absolute Gasteiger partial charge is 0.490 e. The maximum Gasteiger partial charge on any atom is 0.258 e. The van der Waals surface area contributed by atoms with Gasteiger partial charge in [-0.25, -0.2) is 0 Å². The fourth-order valence-electron chi connectivity index (χ4n) is 3.25. The third-order valence-corrected chi connectivity index (χ3v) is 4.38. The molecule has 4 heteroatoms. The predicted molar refractivity (Wildman–Crippen MR) is 99.8 cm³/mol. The Morgan fingerprint density at radius 2 is 1.92 bits per heavy atom. The highest BCUT2D eigenvalue weighted by molar-refractivity contribution is 6.08. The zero-order valence-corrected chi connectivity index (χ0v) is 15.1. The van der Waals surface area contributed by atoms with Crippen LogP contribution in [0, 0.1) is 0 Å². The molecule has 0 spiro atoms. The number of amides is 1. The number of carbonyl (C=O) groups excluding carboxylic acids is 1. The second-order valence-electron chi connectivity index (χ2n) is 6.30. The van der Waals surface area contributed by atoms with E-state index < -0.39 is 0 Å². The first-order chi connectivity index (χ1) is 12.2. The molecule has 2 aromatic carbocycles. The van der Waals surface area contributed by atoms with Gasteiger partial charge in [-0.2, -0.15) is 0 Å². The SMILES string of the molecule is CCCOc1ccc(C(=O)N2c3ccccc3CC2C)cc1OCC.